The van der Waals surface area contributed by atoms with Gasteiger partial charge in [-0.25, -0.2) is 0 Å². The van der Waals surface area contributed by atoms with Crippen LogP contribution in [0.1, 0.15) is 5.56 Å². The van der Waals surface area contributed by atoms with Crippen LogP contribution >= 0.6 is 15.9 Å². The molecule has 0 amide bonds. The number of aliphatic hydroxyl groups excluding tert-OH is 1. The summed E-state index contributed by atoms with van der Waals surface area (Å²) in [4.78, 5) is 0. The number of aliphatic hydroxyl groups is 1. The molecule has 0 aliphatic heterocycles. The minimum absolute atomic E-state index is 0.0519. The zero-order chi connectivity index (χ0) is 14.5. The van der Waals surface area contributed by atoms with Gasteiger partial charge in [-0.2, -0.15) is 0 Å². The Bertz CT molecular complexity index is 598. The molecular weight excluding hydrogens is 324 g/mol. The lowest BCUT2D eigenvalue weighted by molar-refractivity contribution is 0.280. The summed E-state index contributed by atoms with van der Waals surface area (Å²) in [5.74, 6) is 2.52. The average Bonchev–Trinajstić information content (AvgIpc) is 2.49. The zero-order valence-electron chi connectivity index (χ0n) is 11.2. The van der Waals surface area contributed by atoms with Crippen LogP contribution in [-0.2, 0) is 6.61 Å². The summed E-state index contributed by atoms with van der Waals surface area (Å²) in [5, 5.41) is 9.24. The Morgan fingerprint density at radius 2 is 1.60 bits per heavy atom. The van der Waals surface area contributed by atoms with Crippen molar-refractivity contribution < 1.29 is 19.3 Å². The highest BCUT2D eigenvalue weighted by Crippen LogP contribution is 2.33. The molecular formula is C15H15BrO4. The maximum absolute atomic E-state index is 9.24. The number of hydrogen-bond donors (Lipinski definition) is 1. The van der Waals surface area contributed by atoms with Crippen LogP contribution in [0, 0.1) is 0 Å². The van der Waals surface area contributed by atoms with Crippen molar-refractivity contribution in [2.45, 2.75) is 6.61 Å². The highest BCUT2D eigenvalue weighted by atomic mass is 79.9. The molecule has 0 saturated heterocycles. The first-order valence-corrected chi connectivity index (χ1v) is 6.76. The summed E-state index contributed by atoms with van der Waals surface area (Å²) in [5.41, 5.74) is 0.767. The van der Waals surface area contributed by atoms with Crippen LogP contribution in [0.2, 0.25) is 0 Å². The van der Waals surface area contributed by atoms with E-state index < -0.39 is 0 Å². The summed E-state index contributed by atoms with van der Waals surface area (Å²) in [7, 11) is 3.16. The van der Waals surface area contributed by atoms with Gasteiger partial charge in [-0.15, -0.1) is 0 Å². The molecule has 4 nitrogen and oxygen atoms in total. The predicted octanol–water partition coefficient (Wildman–Crippen LogP) is 3.75. The first kappa shape index (κ1) is 14.7. The van der Waals surface area contributed by atoms with Gasteiger partial charge < -0.3 is 19.3 Å². The van der Waals surface area contributed by atoms with Gasteiger partial charge in [-0.05, 0) is 35.9 Å². The lowest BCUT2D eigenvalue weighted by Crippen LogP contribution is -1.92. The topological polar surface area (TPSA) is 47.9 Å². The third-order valence-corrected chi connectivity index (χ3v) is 3.55. The van der Waals surface area contributed by atoms with Crippen molar-refractivity contribution in [3.05, 3.63) is 46.4 Å². The summed E-state index contributed by atoms with van der Waals surface area (Å²) >= 11 is 3.37. The van der Waals surface area contributed by atoms with E-state index in [0.717, 1.165) is 10.0 Å². The molecule has 2 aromatic rings. The third kappa shape index (κ3) is 3.23. The molecule has 0 spiro atoms. The fourth-order valence-corrected chi connectivity index (χ4v) is 2.12. The minimum Gasteiger partial charge on any atom is -0.493 e. The van der Waals surface area contributed by atoms with E-state index in [4.69, 9.17) is 14.2 Å². The normalized spacial score (nSPS) is 10.2. The quantitative estimate of drug-likeness (QED) is 0.901. The molecule has 0 unspecified atom stereocenters. The predicted molar refractivity (Wildman–Crippen MR) is 79.7 cm³/mol. The second kappa shape index (κ2) is 6.63. The van der Waals surface area contributed by atoms with Crippen molar-refractivity contribution in [2.75, 3.05) is 14.2 Å². The van der Waals surface area contributed by atoms with Gasteiger partial charge in [0.05, 0.1) is 20.8 Å². The number of rotatable bonds is 5. The molecule has 0 aliphatic carbocycles. The van der Waals surface area contributed by atoms with Crippen molar-refractivity contribution in [3.63, 3.8) is 0 Å². The van der Waals surface area contributed by atoms with Crippen LogP contribution in [0.25, 0.3) is 0 Å². The van der Waals surface area contributed by atoms with E-state index in [9.17, 15) is 5.11 Å². The first-order valence-electron chi connectivity index (χ1n) is 5.97. The summed E-state index contributed by atoms with van der Waals surface area (Å²) in [6.07, 6.45) is 0. The number of methoxy groups -OCH3 is 2. The smallest absolute Gasteiger partial charge is 0.164 e. The molecule has 0 bridgehead atoms. The number of halogens is 1. The lowest BCUT2D eigenvalue weighted by atomic mass is 10.2. The second-order valence-electron chi connectivity index (χ2n) is 4.03. The monoisotopic (exact) mass is 338 g/mol. The Morgan fingerprint density at radius 1 is 0.950 bits per heavy atom. The van der Waals surface area contributed by atoms with Gasteiger partial charge in [-0.1, -0.05) is 15.9 Å². The summed E-state index contributed by atoms with van der Waals surface area (Å²) in [6, 6.07) is 10.8. The Hall–Kier alpha value is -1.72. The molecule has 2 aromatic carbocycles. The number of benzene rings is 2. The molecule has 0 radical (unpaired) electrons. The van der Waals surface area contributed by atoms with Crippen molar-refractivity contribution >= 4 is 15.9 Å². The fraction of sp³-hybridized carbons (Fsp3) is 0.200. The van der Waals surface area contributed by atoms with E-state index in [2.05, 4.69) is 15.9 Å². The molecule has 0 heterocycles. The largest absolute Gasteiger partial charge is 0.493 e. The highest BCUT2D eigenvalue weighted by Gasteiger charge is 2.07. The van der Waals surface area contributed by atoms with Crippen molar-refractivity contribution in [2.24, 2.45) is 0 Å². The molecule has 0 fully saturated rings. The molecule has 5 heteroatoms. The van der Waals surface area contributed by atoms with Crippen LogP contribution in [0.4, 0.5) is 0 Å². The molecule has 0 atom stereocenters. The van der Waals surface area contributed by atoms with Crippen molar-refractivity contribution in [1.82, 2.24) is 0 Å². The Labute approximate surface area is 126 Å². The first-order chi connectivity index (χ1) is 9.67. The second-order valence-corrected chi connectivity index (χ2v) is 4.88. The van der Waals surface area contributed by atoms with Crippen molar-refractivity contribution in [3.8, 4) is 23.0 Å². The van der Waals surface area contributed by atoms with E-state index in [-0.39, 0.29) is 6.61 Å². The third-order valence-electron chi connectivity index (χ3n) is 2.78. The maximum atomic E-state index is 9.24. The van der Waals surface area contributed by atoms with Crippen LogP contribution in [-0.4, -0.2) is 19.3 Å². The maximum Gasteiger partial charge on any atom is 0.164 e. The van der Waals surface area contributed by atoms with Gasteiger partial charge in [0.2, 0.25) is 0 Å². The Kier molecular flexibility index (Phi) is 4.87. The lowest BCUT2D eigenvalue weighted by Gasteiger charge is -2.11. The molecule has 2 rings (SSSR count). The SMILES string of the molecule is COc1ccc(Oc2ccc(Br)c(CO)c2)cc1OC. The number of hydrogen-bond acceptors (Lipinski definition) is 4. The van der Waals surface area contributed by atoms with Crippen LogP contribution in [0.3, 0.4) is 0 Å². The van der Waals surface area contributed by atoms with Gasteiger partial charge in [-0.3, -0.25) is 0 Å². The van der Waals surface area contributed by atoms with Crippen LogP contribution in [0.15, 0.2) is 40.9 Å². The van der Waals surface area contributed by atoms with E-state index in [1.807, 2.05) is 12.1 Å². The van der Waals surface area contributed by atoms with Gasteiger partial charge in [0, 0.05) is 10.5 Å². The van der Waals surface area contributed by atoms with Gasteiger partial charge >= 0.3 is 0 Å². The van der Waals surface area contributed by atoms with Crippen LogP contribution < -0.4 is 14.2 Å². The van der Waals surface area contributed by atoms with E-state index >= 15 is 0 Å². The number of ether oxygens (including phenoxy) is 3. The molecule has 0 aliphatic rings. The fourth-order valence-electron chi connectivity index (χ4n) is 1.75. The Balaban J connectivity index is 2.25. The molecule has 106 valence electrons. The zero-order valence-corrected chi connectivity index (χ0v) is 12.8. The molecule has 1 N–H and O–H groups in total. The summed E-state index contributed by atoms with van der Waals surface area (Å²) in [6.45, 7) is -0.0519. The van der Waals surface area contributed by atoms with Gasteiger partial charge in [0.15, 0.2) is 11.5 Å². The highest BCUT2D eigenvalue weighted by molar-refractivity contribution is 9.10. The summed E-state index contributed by atoms with van der Waals surface area (Å²) < 4.78 is 17.0. The molecule has 0 aromatic heterocycles. The van der Waals surface area contributed by atoms with E-state index in [0.29, 0.717) is 23.0 Å². The minimum atomic E-state index is -0.0519. The van der Waals surface area contributed by atoms with Gasteiger partial charge in [0.25, 0.3) is 0 Å². The standard InChI is InChI=1S/C15H15BrO4/c1-18-14-6-4-12(8-15(14)19-2)20-11-3-5-13(16)10(7-11)9-17/h3-8,17H,9H2,1-2H3. The molecule has 0 saturated carbocycles. The van der Waals surface area contributed by atoms with Crippen molar-refractivity contribution in [1.29, 1.82) is 0 Å². The Morgan fingerprint density at radius 3 is 2.25 bits per heavy atom. The average molecular weight is 339 g/mol. The molecule has 20 heavy (non-hydrogen) atoms. The van der Waals surface area contributed by atoms with Gasteiger partial charge in [0.1, 0.15) is 11.5 Å². The van der Waals surface area contributed by atoms with Crippen LogP contribution in [0.5, 0.6) is 23.0 Å². The van der Waals surface area contributed by atoms with E-state index in [1.54, 1.807) is 38.5 Å². The van der Waals surface area contributed by atoms with E-state index in [1.165, 1.54) is 0 Å².